The van der Waals surface area contributed by atoms with Gasteiger partial charge in [0.05, 0.1) is 12.1 Å². The molecule has 0 bridgehead atoms. The number of aliphatic hydroxyl groups is 1. The highest BCUT2D eigenvalue weighted by Crippen LogP contribution is 2.37. The predicted molar refractivity (Wildman–Crippen MR) is 75.5 cm³/mol. The smallest absolute Gasteiger partial charge is 0.408 e. The number of benzene rings is 1. The molecule has 2 N–H and O–H groups in total. The fourth-order valence-electron chi connectivity index (χ4n) is 2.41. The van der Waals surface area contributed by atoms with Crippen molar-refractivity contribution in [3.05, 3.63) is 34.9 Å². The number of nitrogens with zero attached hydrogens (tertiary/aromatic N) is 1. The summed E-state index contributed by atoms with van der Waals surface area (Å²) in [5.74, 6) is 0. The Morgan fingerprint density at radius 3 is 2.16 bits per heavy atom. The van der Waals surface area contributed by atoms with Gasteiger partial charge in [-0.25, -0.2) is 4.79 Å². The van der Waals surface area contributed by atoms with Crippen LogP contribution < -0.4 is 0 Å². The Kier molecular flexibility index (Phi) is 4.48. The summed E-state index contributed by atoms with van der Waals surface area (Å²) in [4.78, 5) is 12.8. The second kappa shape index (κ2) is 5.39. The summed E-state index contributed by atoms with van der Waals surface area (Å²) in [6.45, 7) is 6.68. The molecule has 0 fully saturated rings. The monoisotopic (exact) mass is 285 g/mol. The van der Waals surface area contributed by atoms with E-state index in [1.807, 2.05) is 0 Å². The van der Waals surface area contributed by atoms with E-state index in [0.717, 1.165) is 0 Å². The molecular formula is C14H20ClNO3. The third kappa shape index (κ3) is 3.01. The van der Waals surface area contributed by atoms with Gasteiger partial charge in [0.25, 0.3) is 0 Å². The first-order chi connectivity index (χ1) is 8.64. The van der Waals surface area contributed by atoms with Crippen LogP contribution in [0.1, 0.15) is 33.3 Å². The zero-order valence-corrected chi connectivity index (χ0v) is 12.4. The van der Waals surface area contributed by atoms with E-state index in [9.17, 15) is 15.0 Å². The summed E-state index contributed by atoms with van der Waals surface area (Å²) in [6, 6.07) is 6.97. The zero-order chi connectivity index (χ0) is 14.8. The Labute approximate surface area is 118 Å². The minimum atomic E-state index is -1.09. The van der Waals surface area contributed by atoms with Gasteiger partial charge in [-0.2, -0.15) is 0 Å². The third-order valence-electron chi connectivity index (χ3n) is 3.12. The van der Waals surface area contributed by atoms with Crippen LogP contribution >= 0.6 is 11.6 Å². The molecule has 1 aromatic rings. The SMILES string of the molecule is CC(C)(C)N(C(=O)O)[C@@](C)(CO)c1ccccc1Cl. The molecule has 0 aliphatic rings. The van der Waals surface area contributed by atoms with Crippen LogP contribution in [0.25, 0.3) is 0 Å². The molecule has 0 aliphatic carbocycles. The van der Waals surface area contributed by atoms with Crippen LogP contribution in [-0.2, 0) is 5.54 Å². The Balaban J connectivity index is 3.45. The van der Waals surface area contributed by atoms with E-state index < -0.39 is 17.2 Å². The molecular weight excluding hydrogens is 266 g/mol. The van der Waals surface area contributed by atoms with Gasteiger partial charge in [0.15, 0.2) is 0 Å². The highest BCUT2D eigenvalue weighted by Gasteiger charge is 2.43. The van der Waals surface area contributed by atoms with Crippen LogP contribution in [0.2, 0.25) is 5.02 Å². The van der Waals surface area contributed by atoms with Gasteiger partial charge in [0.1, 0.15) is 0 Å². The number of carboxylic acid groups (broad SMARTS) is 1. The van der Waals surface area contributed by atoms with Gasteiger partial charge < -0.3 is 10.2 Å². The Bertz CT molecular complexity index is 470. The minimum Gasteiger partial charge on any atom is -0.465 e. The van der Waals surface area contributed by atoms with Crippen molar-refractivity contribution in [3.8, 4) is 0 Å². The molecule has 106 valence electrons. The molecule has 5 heteroatoms. The van der Waals surface area contributed by atoms with Crippen LogP contribution in [0.3, 0.4) is 0 Å². The summed E-state index contributed by atoms with van der Waals surface area (Å²) in [7, 11) is 0. The van der Waals surface area contributed by atoms with Crippen molar-refractivity contribution in [2.24, 2.45) is 0 Å². The van der Waals surface area contributed by atoms with Gasteiger partial charge in [-0.15, -0.1) is 0 Å². The fourth-order valence-corrected chi connectivity index (χ4v) is 2.75. The topological polar surface area (TPSA) is 60.8 Å². The molecule has 0 saturated carbocycles. The quantitative estimate of drug-likeness (QED) is 0.895. The lowest BCUT2D eigenvalue weighted by atomic mass is 9.87. The molecule has 0 aromatic heterocycles. The number of halogens is 1. The first-order valence-electron chi connectivity index (χ1n) is 6.03. The highest BCUT2D eigenvalue weighted by atomic mass is 35.5. The van der Waals surface area contributed by atoms with Gasteiger partial charge in [0, 0.05) is 10.6 Å². The fraction of sp³-hybridized carbons (Fsp3) is 0.500. The Morgan fingerprint density at radius 1 is 1.26 bits per heavy atom. The normalized spacial score (nSPS) is 14.8. The van der Waals surface area contributed by atoms with Crippen molar-refractivity contribution in [2.45, 2.75) is 38.8 Å². The first-order valence-corrected chi connectivity index (χ1v) is 6.41. The average Bonchev–Trinajstić information content (AvgIpc) is 2.26. The van der Waals surface area contributed by atoms with E-state index in [0.29, 0.717) is 10.6 Å². The summed E-state index contributed by atoms with van der Waals surface area (Å²) in [5, 5.41) is 19.7. The largest absolute Gasteiger partial charge is 0.465 e. The maximum atomic E-state index is 11.6. The van der Waals surface area contributed by atoms with Gasteiger partial charge in [-0.1, -0.05) is 29.8 Å². The molecule has 0 radical (unpaired) electrons. The molecule has 0 heterocycles. The highest BCUT2D eigenvalue weighted by molar-refractivity contribution is 6.31. The van der Waals surface area contributed by atoms with Crippen LogP contribution in [0, 0.1) is 0 Å². The molecule has 1 amide bonds. The van der Waals surface area contributed by atoms with E-state index in [1.165, 1.54) is 4.90 Å². The number of hydrogen-bond donors (Lipinski definition) is 2. The average molecular weight is 286 g/mol. The van der Waals surface area contributed by atoms with E-state index in [1.54, 1.807) is 52.0 Å². The van der Waals surface area contributed by atoms with Crippen LogP contribution in [0.15, 0.2) is 24.3 Å². The summed E-state index contributed by atoms with van der Waals surface area (Å²) < 4.78 is 0. The second-order valence-electron chi connectivity index (χ2n) is 5.70. The van der Waals surface area contributed by atoms with Gasteiger partial charge in [0.2, 0.25) is 0 Å². The predicted octanol–water partition coefficient (Wildman–Crippen LogP) is 3.33. The van der Waals surface area contributed by atoms with Gasteiger partial charge in [-0.3, -0.25) is 4.90 Å². The zero-order valence-electron chi connectivity index (χ0n) is 11.6. The standard InChI is InChI=1S/C14H20ClNO3/c1-13(2,3)16(12(18)19)14(4,9-17)10-7-5-6-8-11(10)15/h5-8,17H,9H2,1-4H3,(H,18,19)/t14-/m0/s1. The molecule has 0 spiro atoms. The van der Waals surface area contributed by atoms with Crippen molar-refractivity contribution >= 4 is 17.7 Å². The third-order valence-corrected chi connectivity index (χ3v) is 3.45. The van der Waals surface area contributed by atoms with Crippen molar-refractivity contribution < 1.29 is 15.0 Å². The number of amides is 1. The molecule has 1 atom stereocenters. The van der Waals surface area contributed by atoms with Gasteiger partial charge >= 0.3 is 6.09 Å². The lowest BCUT2D eigenvalue weighted by Crippen LogP contribution is -2.58. The molecule has 0 aliphatic heterocycles. The Hall–Kier alpha value is -1.26. The number of hydrogen-bond acceptors (Lipinski definition) is 2. The summed E-state index contributed by atoms with van der Waals surface area (Å²) in [5.41, 5.74) is -1.17. The summed E-state index contributed by atoms with van der Waals surface area (Å²) >= 11 is 6.16. The van der Waals surface area contributed by atoms with Crippen molar-refractivity contribution in [2.75, 3.05) is 6.61 Å². The number of carbonyl (C=O) groups is 1. The van der Waals surface area contributed by atoms with Crippen molar-refractivity contribution in [1.82, 2.24) is 4.90 Å². The van der Waals surface area contributed by atoms with Gasteiger partial charge in [-0.05, 0) is 39.3 Å². The number of rotatable bonds is 3. The van der Waals surface area contributed by atoms with E-state index in [-0.39, 0.29) is 6.61 Å². The lowest BCUT2D eigenvalue weighted by Gasteiger charge is -2.46. The molecule has 19 heavy (non-hydrogen) atoms. The lowest BCUT2D eigenvalue weighted by molar-refractivity contribution is -0.00921. The number of aliphatic hydroxyl groups excluding tert-OH is 1. The maximum Gasteiger partial charge on any atom is 0.408 e. The van der Waals surface area contributed by atoms with E-state index in [2.05, 4.69) is 0 Å². The van der Waals surface area contributed by atoms with Crippen molar-refractivity contribution in [3.63, 3.8) is 0 Å². The second-order valence-corrected chi connectivity index (χ2v) is 6.11. The molecule has 1 aromatic carbocycles. The summed E-state index contributed by atoms with van der Waals surface area (Å²) in [6.07, 6.45) is -1.09. The Morgan fingerprint density at radius 2 is 1.79 bits per heavy atom. The van der Waals surface area contributed by atoms with Crippen molar-refractivity contribution in [1.29, 1.82) is 0 Å². The van der Waals surface area contributed by atoms with E-state index in [4.69, 9.17) is 11.6 Å². The first kappa shape index (κ1) is 15.8. The van der Waals surface area contributed by atoms with Crippen LogP contribution in [0.5, 0.6) is 0 Å². The molecule has 0 unspecified atom stereocenters. The van der Waals surface area contributed by atoms with Crippen LogP contribution in [0.4, 0.5) is 4.79 Å². The molecule has 0 saturated heterocycles. The molecule has 1 rings (SSSR count). The molecule has 4 nitrogen and oxygen atoms in total. The van der Waals surface area contributed by atoms with E-state index >= 15 is 0 Å². The maximum absolute atomic E-state index is 11.6. The van der Waals surface area contributed by atoms with Crippen LogP contribution in [-0.4, -0.2) is 33.4 Å². The minimum absolute atomic E-state index is 0.347.